The van der Waals surface area contributed by atoms with Crippen molar-refractivity contribution in [3.05, 3.63) is 41.2 Å². The number of para-hydroxylation sites is 1. The van der Waals surface area contributed by atoms with Gasteiger partial charge in [0.1, 0.15) is 12.3 Å². The van der Waals surface area contributed by atoms with Gasteiger partial charge >= 0.3 is 6.03 Å². The van der Waals surface area contributed by atoms with Crippen molar-refractivity contribution in [1.29, 1.82) is 0 Å². The predicted molar refractivity (Wildman–Crippen MR) is 129 cm³/mol. The fraction of sp³-hybridized carbons (Fsp3) is 0.560. The number of hydrogen-bond acceptors (Lipinski definition) is 4. The number of nitrogens with one attached hydrogen (secondary N) is 2. The molecule has 0 saturated heterocycles. The highest BCUT2D eigenvalue weighted by molar-refractivity contribution is 5.97. The fourth-order valence-electron chi connectivity index (χ4n) is 3.64. The molecule has 0 fully saturated rings. The second kappa shape index (κ2) is 12.3. The summed E-state index contributed by atoms with van der Waals surface area (Å²) in [7, 11) is 0. The molecule has 1 aromatic carbocycles. The highest BCUT2D eigenvalue weighted by Crippen LogP contribution is 2.32. The maximum absolute atomic E-state index is 13.3. The van der Waals surface area contributed by atoms with E-state index in [0.717, 1.165) is 42.5 Å². The standard InChI is InChI=1S/C25H38N4O3/c1-7-8-9-10-14-29(16-23(30)26-22-15-19(6)32-28-22)25(31)27-24-20(17(2)3)12-11-13-21(24)18(4)5/h11-13,15,17-18H,7-10,14,16H2,1-6H3,(H,27,31)(H,26,28,30). The molecule has 3 amide bonds. The van der Waals surface area contributed by atoms with E-state index in [1.54, 1.807) is 17.9 Å². The molecule has 1 heterocycles. The number of amides is 3. The van der Waals surface area contributed by atoms with Crippen LogP contribution >= 0.6 is 0 Å². The van der Waals surface area contributed by atoms with Crippen LogP contribution in [0.4, 0.5) is 16.3 Å². The highest BCUT2D eigenvalue weighted by Gasteiger charge is 2.21. The van der Waals surface area contributed by atoms with Gasteiger partial charge in [0.25, 0.3) is 0 Å². The molecule has 7 heteroatoms. The molecule has 32 heavy (non-hydrogen) atoms. The van der Waals surface area contributed by atoms with Crippen molar-refractivity contribution in [3.8, 4) is 0 Å². The fourth-order valence-corrected chi connectivity index (χ4v) is 3.64. The van der Waals surface area contributed by atoms with Gasteiger partial charge in [-0.15, -0.1) is 0 Å². The van der Waals surface area contributed by atoms with Crippen molar-refractivity contribution >= 4 is 23.4 Å². The summed E-state index contributed by atoms with van der Waals surface area (Å²) in [5, 5.41) is 9.63. The van der Waals surface area contributed by atoms with Crippen LogP contribution in [-0.2, 0) is 4.79 Å². The largest absolute Gasteiger partial charge is 0.360 e. The zero-order valence-electron chi connectivity index (χ0n) is 20.3. The number of aryl methyl sites for hydroxylation is 1. The number of urea groups is 1. The molecule has 0 saturated carbocycles. The normalized spacial score (nSPS) is 11.1. The van der Waals surface area contributed by atoms with Gasteiger partial charge in [0, 0.05) is 18.3 Å². The van der Waals surface area contributed by atoms with Gasteiger partial charge in [-0.25, -0.2) is 4.79 Å². The minimum Gasteiger partial charge on any atom is -0.360 e. The van der Waals surface area contributed by atoms with Gasteiger partial charge in [-0.2, -0.15) is 0 Å². The van der Waals surface area contributed by atoms with Crippen LogP contribution in [-0.4, -0.2) is 35.1 Å². The molecule has 0 radical (unpaired) electrons. The zero-order chi connectivity index (χ0) is 23.7. The van der Waals surface area contributed by atoms with Gasteiger partial charge in [-0.1, -0.05) is 77.2 Å². The van der Waals surface area contributed by atoms with Crippen molar-refractivity contribution in [2.45, 2.75) is 79.1 Å². The summed E-state index contributed by atoms with van der Waals surface area (Å²) in [5.41, 5.74) is 3.05. The first-order valence-corrected chi connectivity index (χ1v) is 11.6. The van der Waals surface area contributed by atoms with Crippen LogP contribution in [0.25, 0.3) is 0 Å². The summed E-state index contributed by atoms with van der Waals surface area (Å²) in [5.74, 6) is 1.19. The summed E-state index contributed by atoms with van der Waals surface area (Å²) in [6, 6.07) is 7.53. The average Bonchev–Trinajstić information content (AvgIpc) is 3.14. The van der Waals surface area contributed by atoms with E-state index in [0.29, 0.717) is 18.1 Å². The van der Waals surface area contributed by atoms with Crippen LogP contribution in [0.3, 0.4) is 0 Å². The molecular weight excluding hydrogens is 404 g/mol. The van der Waals surface area contributed by atoms with Crippen LogP contribution in [0.1, 0.15) is 89.0 Å². The smallest absolute Gasteiger partial charge is 0.322 e. The van der Waals surface area contributed by atoms with Crippen LogP contribution < -0.4 is 10.6 Å². The molecule has 2 aromatic rings. The maximum Gasteiger partial charge on any atom is 0.322 e. The number of unbranched alkanes of at least 4 members (excludes halogenated alkanes) is 3. The Morgan fingerprint density at radius 2 is 1.69 bits per heavy atom. The Hall–Kier alpha value is -2.83. The number of rotatable bonds is 11. The summed E-state index contributed by atoms with van der Waals surface area (Å²) in [6.07, 6.45) is 4.08. The molecule has 0 atom stereocenters. The van der Waals surface area contributed by atoms with E-state index in [4.69, 9.17) is 4.52 Å². The molecule has 176 valence electrons. The molecule has 0 unspecified atom stereocenters. The van der Waals surface area contributed by atoms with Crippen LogP contribution in [0, 0.1) is 6.92 Å². The molecule has 7 nitrogen and oxygen atoms in total. The SMILES string of the molecule is CCCCCCN(CC(=O)Nc1cc(C)on1)C(=O)Nc1c(C(C)C)cccc1C(C)C. The molecule has 0 bridgehead atoms. The topological polar surface area (TPSA) is 87.5 Å². The average molecular weight is 443 g/mol. The number of carbonyl (C=O) groups is 2. The summed E-state index contributed by atoms with van der Waals surface area (Å²) in [4.78, 5) is 27.5. The highest BCUT2D eigenvalue weighted by atomic mass is 16.5. The summed E-state index contributed by atoms with van der Waals surface area (Å²) >= 11 is 0. The second-order valence-corrected chi connectivity index (χ2v) is 8.90. The Labute approximate surface area is 191 Å². The summed E-state index contributed by atoms with van der Waals surface area (Å²) in [6.45, 7) is 12.8. The van der Waals surface area contributed by atoms with E-state index in [9.17, 15) is 9.59 Å². The van der Waals surface area contributed by atoms with E-state index in [1.165, 1.54) is 0 Å². The van der Waals surface area contributed by atoms with Gasteiger partial charge in [0.2, 0.25) is 5.91 Å². The van der Waals surface area contributed by atoms with Gasteiger partial charge in [-0.05, 0) is 36.3 Å². The van der Waals surface area contributed by atoms with Crippen molar-refractivity contribution < 1.29 is 14.1 Å². The van der Waals surface area contributed by atoms with Gasteiger partial charge in [-0.3, -0.25) is 4.79 Å². The van der Waals surface area contributed by atoms with Gasteiger partial charge in [0.15, 0.2) is 5.82 Å². The Bertz CT molecular complexity index is 863. The molecule has 2 rings (SSSR count). The Kier molecular flexibility index (Phi) is 9.75. The summed E-state index contributed by atoms with van der Waals surface area (Å²) < 4.78 is 5.00. The van der Waals surface area contributed by atoms with Crippen molar-refractivity contribution in [3.63, 3.8) is 0 Å². The molecule has 0 spiro atoms. The lowest BCUT2D eigenvalue weighted by Crippen LogP contribution is -2.41. The van der Waals surface area contributed by atoms with Crippen molar-refractivity contribution in [2.75, 3.05) is 23.7 Å². The molecule has 0 aliphatic carbocycles. The number of aromatic nitrogens is 1. The van der Waals surface area contributed by atoms with Crippen LogP contribution in [0.5, 0.6) is 0 Å². The lowest BCUT2D eigenvalue weighted by molar-refractivity contribution is -0.116. The van der Waals surface area contributed by atoms with E-state index >= 15 is 0 Å². The molecule has 1 aromatic heterocycles. The lowest BCUT2D eigenvalue weighted by Gasteiger charge is -2.26. The number of carbonyl (C=O) groups excluding carboxylic acids is 2. The predicted octanol–water partition coefficient (Wildman–Crippen LogP) is 6.28. The quantitative estimate of drug-likeness (QED) is 0.401. The maximum atomic E-state index is 13.3. The van der Waals surface area contributed by atoms with Crippen molar-refractivity contribution in [1.82, 2.24) is 10.1 Å². The third-order valence-corrected chi connectivity index (χ3v) is 5.40. The lowest BCUT2D eigenvalue weighted by atomic mass is 9.93. The Balaban J connectivity index is 2.19. The van der Waals surface area contributed by atoms with Gasteiger partial charge in [0.05, 0.1) is 0 Å². The number of benzene rings is 1. The minimum atomic E-state index is -0.301. The van der Waals surface area contributed by atoms with E-state index in [-0.39, 0.29) is 30.3 Å². The molecule has 2 N–H and O–H groups in total. The number of hydrogen-bond donors (Lipinski definition) is 2. The second-order valence-electron chi connectivity index (χ2n) is 8.90. The van der Waals surface area contributed by atoms with Gasteiger partial charge < -0.3 is 20.1 Å². The van der Waals surface area contributed by atoms with Crippen LogP contribution in [0.2, 0.25) is 0 Å². The number of anilines is 2. The van der Waals surface area contributed by atoms with Crippen molar-refractivity contribution in [2.24, 2.45) is 0 Å². The first-order valence-electron chi connectivity index (χ1n) is 11.6. The Morgan fingerprint density at radius 1 is 1.03 bits per heavy atom. The molecule has 0 aliphatic rings. The monoisotopic (exact) mass is 442 g/mol. The molecular formula is C25H38N4O3. The molecule has 0 aliphatic heterocycles. The Morgan fingerprint density at radius 3 is 2.22 bits per heavy atom. The third kappa shape index (κ3) is 7.39. The van der Waals surface area contributed by atoms with Crippen LogP contribution in [0.15, 0.2) is 28.8 Å². The van der Waals surface area contributed by atoms with E-state index in [1.807, 2.05) is 6.07 Å². The van der Waals surface area contributed by atoms with E-state index in [2.05, 4.69) is 62.5 Å². The zero-order valence-corrected chi connectivity index (χ0v) is 20.3. The minimum absolute atomic E-state index is 0.0509. The first kappa shape index (κ1) is 25.4. The third-order valence-electron chi connectivity index (χ3n) is 5.40. The van der Waals surface area contributed by atoms with E-state index < -0.39 is 0 Å². The number of nitrogens with zero attached hydrogens (tertiary/aromatic N) is 2. The first-order chi connectivity index (χ1) is 15.2.